The fourth-order valence-electron chi connectivity index (χ4n) is 2.57. The van der Waals surface area contributed by atoms with Crippen molar-refractivity contribution in [3.05, 3.63) is 70.0 Å². The Bertz CT molecular complexity index is 986. The van der Waals surface area contributed by atoms with Gasteiger partial charge in [-0.3, -0.25) is 9.59 Å². The molecule has 0 aliphatic rings. The Hall–Kier alpha value is -2.89. The molecule has 122 valence electrons. The zero-order valence-electron chi connectivity index (χ0n) is 12.6. The van der Waals surface area contributed by atoms with Gasteiger partial charge in [0.05, 0.1) is 5.56 Å². The van der Waals surface area contributed by atoms with E-state index in [1.54, 1.807) is 30.3 Å². The van der Waals surface area contributed by atoms with Crippen LogP contribution in [-0.4, -0.2) is 10.8 Å². The Balaban J connectivity index is 2.19. The summed E-state index contributed by atoms with van der Waals surface area (Å²) in [6, 6.07) is 11.6. The number of hydrogen-bond acceptors (Lipinski definition) is 2. The van der Waals surface area contributed by atoms with E-state index in [0.717, 1.165) is 0 Å². The molecule has 3 aromatic rings. The fraction of sp³-hybridized carbons (Fsp3) is 0.111. The first-order valence-electron chi connectivity index (χ1n) is 7.11. The number of fused-ring (bicyclic) bond motifs is 1. The van der Waals surface area contributed by atoms with Crippen LogP contribution >= 0.6 is 0 Å². The first-order chi connectivity index (χ1) is 11.3. The van der Waals surface area contributed by atoms with Gasteiger partial charge in [0.1, 0.15) is 0 Å². The van der Waals surface area contributed by atoms with Crippen molar-refractivity contribution in [2.75, 3.05) is 0 Å². The fourth-order valence-corrected chi connectivity index (χ4v) is 2.57. The first kappa shape index (κ1) is 16.0. The minimum Gasteiger partial charge on any atom is -0.322 e. The maximum atomic E-state index is 13.2. The molecular formula is C18H12F3NO2. The predicted molar refractivity (Wildman–Crippen MR) is 85.0 cm³/mol. The third kappa shape index (κ3) is 2.95. The summed E-state index contributed by atoms with van der Waals surface area (Å²) in [7, 11) is 0. The standard InChI is InChI=1S/C18H12F3NO2/c1-10(23)11-2-4-12(5-3-11)13-6-7-16-14(8-13)15(18(19,20)21)9-17(24)22-16/h2-9H,1H3,(H,22,24). The summed E-state index contributed by atoms with van der Waals surface area (Å²) in [4.78, 5) is 25.1. The van der Waals surface area contributed by atoms with Gasteiger partial charge in [-0.2, -0.15) is 13.2 Å². The van der Waals surface area contributed by atoms with Crippen molar-refractivity contribution in [2.45, 2.75) is 13.1 Å². The van der Waals surface area contributed by atoms with E-state index in [1.165, 1.54) is 19.1 Å². The molecule has 0 atom stereocenters. The van der Waals surface area contributed by atoms with E-state index < -0.39 is 17.3 Å². The molecule has 0 unspecified atom stereocenters. The second-order valence-corrected chi connectivity index (χ2v) is 5.44. The third-order valence-corrected chi connectivity index (χ3v) is 3.77. The maximum Gasteiger partial charge on any atom is 0.417 e. The number of aromatic nitrogens is 1. The number of alkyl halides is 3. The van der Waals surface area contributed by atoms with Crippen molar-refractivity contribution < 1.29 is 18.0 Å². The number of nitrogens with one attached hydrogen (secondary N) is 1. The molecule has 1 aromatic heterocycles. The number of aromatic amines is 1. The summed E-state index contributed by atoms with van der Waals surface area (Å²) in [5, 5.41) is -0.0738. The maximum absolute atomic E-state index is 13.2. The second-order valence-electron chi connectivity index (χ2n) is 5.44. The van der Waals surface area contributed by atoms with Gasteiger partial charge in [-0.25, -0.2) is 0 Å². The molecule has 0 radical (unpaired) electrons. The Kier molecular flexibility index (Phi) is 3.75. The molecule has 1 heterocycles. The molecule has 0 spiro atoms. The first-order valence-corrected chi connectivity index (χ1v) is 7.11. The van der Waals surface area contributed by atoms with Crippen molar-refractivity contribution >= 4 is 16.7 Å². The predicted octanol–water partition coefficient (Wildman–Crippen LogP) is 4.42. The summed E-state index contributed by atoms with van der Waals surface area (Å²) in [5.41, 5.74) is 0.131. The smallest absolute Gasteiger partial charge is 0.322 e. The molecule has 3 rings (SSSR count). The van der Waals surface area contributed by atoms with Gasteiger partial charge in [0.2, 0.25) is 5.56 Å². The summed E-state index contributed by atoms with van der Waals surface area (Å²) < 4.78 is 39.6. The minimum atomic E-state index is -4.62. The molecule has 0 fully saturated rings. The van der Waals surface area contributed by atoms with E-state index in [-0.39, 0.29) is 16.7 Å². The Morgan fingerprint density at radius 1 is 0.958 bits per heavy atom. The lowest BCUT2D eigenvalue weighted by molar-refractivity contribution is -0.136. The van der Waals surface area contributed by atoms with Gasteiger partial charge in [0.15, 0.2) is 5.78 Å². The highest BCUT2D eigenvalue weighted by Crippen LogP contribution is 2.35. The zero-order chi connectivity index (χ0) is 17.5. The molecule has 6 heteroatoms. The average Bonchev–Trinajstić information content (AvgIpc) is 2.53. The lowest BCUT2D eigenvalue weighted by Gasteiger charge is -2.11. The van der Waals surface area contributed by atoms with E-state index in [9.17, 15) is 22.8 Å². The van der Waals surface area contributed by atoms with E-state index in [2.05, 4.69) is 4.98 Å². The summed E-state index contributed by atoms with van der Waals surface area (Å²) >= 11 is 0. The third-order valence-electron chi connectivity index (χ3n) is 3.77. The molecule has 0 amide bonds. The lowest BCUT2D eigenvalue weighted by Crippen LogP contribution is -2.13. The molecular weight excluding hydrogens is 319 g/mol. The molecule has 0 bridgehead atoms. The van der Waals surface area contributed by atoms with Crippen molar-refractivity contribution in [2.24, 2.45) is 0 Å². The number of halogens is 3. The van der Waals surface area contributed by atoms with E-state index in [0.29, 0.717) is 22.8 Å². The van der Waals surface area contributed by atoms with Crippen LogP contribution in [-0.2, 0) is 6.18 Å². The zero-order valence-corrected chi connectivity index (χ0v) is 12.6. The Morgan fingerprint density at radius 2 is 1.58 bits per heavy atom. The van der Waals surface area contributed by atoms with E-state index in [1.807, 2.05) is 0 Å². The van der Waals surface area contributed by atoms with Gasteiger partial charge in [-0.15, -0.1) is 0 Å². The van der Waals surface area contributed by atoms with Gasteiger partial charge in [-0.05, 0) is 30.2 Å². The van der Waals surface area contributed by atoms with Crippen molar-refractivity contribution in [3.63, 3.8) is 0 Å². The van der Waals surface area contributed by atoms with Crippen LogP contribution in [0.25, 0.3) is 22.0 Å². The Labute approximate surface area is 134 Å². The number of carbonyl (C=O) groups is 1. The summed E-state index contributed by atoms with van der Waals surface area (Å²) in [5.74, 6) is -0.0861. The van der Waals surface area contributed by atoms with Gasteiger partial charge in [-0.1, -0.05) is 30.3 Å². The molecule has 0 aliphatic carbocycles. The highest BCUT2D eigenvalue weighted by atomic mass is 19.4. The van der Waals surface area contributed by atoms with Crippen LogP contribution in [0, 0.1) is 0 Å². The number of pyridine rings is 1. The minimum absolute atomic E-state index is 0.0738. The molecule has 3 nitrogen and oxygen atoms in total. The number of rotatable bonds is 2. The van der Waals surface area contributed by atoms with Gasteiger partial charge >= 0.3 is 6.18 Å². The van der Waals surface area contributed by atoms with Crippen molar-refractivity contribution in [1.29, 1.82) is 0 Å². The highest BCUT2D eigenvalue weighted by molar-refractivity contribution is 5.94. The van der Waals surface area contributed by atoms with E-state index in [4.69, 9.17) is 0 Å². The van der Waals surface area contributed by atoms with Crippen LogP contribution in [0.3, 0.4) is 0 Å². The Morgan fingerprint density at radius 3 is 2.17 bits per heavy atom. The van der Waals surface area contributed by atoms with Gasteiger partial charge in [0.25, 0.3) is 0 Å². The summed E-state index contributed by atoms with van der Waals surface area (Å²) in [6.07, 6.45) is -4.62. The number of ketones is 1. The van der Waals surface area contributed by atoms with Crippen LogP contribution < -0.4 is 5.56 Å². The molecule has 0 saturated heterocycles. The van der Waals surface area contributed by atoms with E-state index >= 15 is 0 Å². The molecule has 24 heavy (non-hydrogen) atoms. The monoisotopic (exact) mass is 331 g/mol. The lowest BCUT2D eigenvalue weighted by atomic mass is 9.99. The van der Waals surface area contributed by atoms with Crippen LogP contribution in [0.5, 0.6) is 0 Å². The molecule has 2 aromatic carbocycles. The quantitative estimate of drug-likeness (QED) is 0.707. The van der Waals surface area contributed by atoms with Gasteiger partial charge < -0.3 is 4.98 Å². The number of benzene rings is 2. The SMILES string of the molecule is CC(=O)c1ccc(-c2ccc3[nH]c(=O)cc(C(F)(F)F)c3c2)cc1. The molecule has 0 aliphatic heterocycles. The van der Waals surface area contributed by atoms with Crippen LogP contribution in [0.2, 0.25) is 0 Å². The highest BCUT2D eigenvalue weighted by Gasteiger charge is 2.33. The van der Waals surface area contributed by atoms with Gasteiger partial charge in [0, 0.05) is 22.5 Å². The number of hydrogen-bond donors (Lipinski definition) is 1. The number of H-pyrrole nitrogens is 1. The van der Waals surface area contributed by atoms with Crippen molar-refractivity contribution in [1.82, 2.24) is 4.98 Å². The van der Waals surface area contributed by atoms with Crippen molar-refractivity contribution in [3.8, 4) is 11.1 Å². The average molecular weight is 331 g/mol. The number of carbonyl (C=O) groups excluding carboxylic acids is 1. The molecule has 0 saturated carbocycles. The summed E-state index contributed by atoms with van der Waals surface area (Å²) in [6.45, 7) is 1.44. The van der Waals surface area contributed by atoms with Crippen LogP contribution in [0.4, 0.5) is 13.2 Å². The largest absolute Gasteiger partial charge is 0.417 e. The van der Waals surface area contributed by atoms with Crippen LogP contribution in [0.15, 0.2) is 53.3 Å². The topological polar surface area (TPSA) is 49.9 Å². The number of Topliss-reactive ketones (excluding diaryl/α,β-unsaturated/α-hetero) is 1. The molecule has 1 N–H and O–H groups in total. The van der Waals surface area contributed by atoms with Crippen LogP contribution in [0.1, 0.15) is 22.8 Å². The second kappa shape index (κ2) is 5.63. The normalized spacial score (nSPS) is 11.7.